The summed E-state index contributed by atoms with van der Waals surface area (Å²) < 4.78 is 5.57. The van der Waals surface area contributed by atoms with Crippen LogP contribution in [0.4, 0.5) is 0 Å². The molecule has 0 aliphatic heterocycles. The minimum atomic E-state index is -0.977. The van der Waals surface area contributed by atoms with Crippen LogP contribution in [0.5, 0.6) is 5.75 Å². The van der Waals surface area contributed by atoms with Crippen molar-refractivity contribution in [1.29, 1.82) is 5.26 Å². The average Bonchev–Trinajstić information content (AvgIpc) is 2.77. The van der Waals surface area contributed by atoms with Crippen molar-refractivity contribution in [2.75, 3.05) is 6.61 Å². The molecule has 160 valence electrons. The first-order chi connectivity index (χ1) is 14.8. The molecule has 0 atom stereocenters. The third-order valence-electron chi connectivity index (χ3n) is 4.56. The smallest absolute Gasteiger partial charge is 0.335 e. The molecule has 3 rings (SSSR count). The number of carboxylic acid groups (broad SMARTS) is 1. The topological polar surface area (TPSA) is 70.3 Å². The van der Waals surface area contributed by atoms with Crippen molar-refractivity contribution in [2.24, 2.45) is 0 Å². The number of nitrogens with zero attached hydrogens (tertiary/aromatic N) is 1. The van der Waals surface area contributed by atoms with E-state index in [9.17, 15) is 4.79 Å². The van der Waals surface area contributed by atoms with Crippen molar-refractivity contribution in [3.05, 3.63) is 90.0 Å². The van der Waals surface area contributed by atoms with Gasteiger partial charge in [-0.25, -0.2) is 4.79 Å². The summed E-state index contributed by atoms with van der Waals surface area (Å²) in [5.74, 6) is -0.166. The maximum Gasteiger partial charge on any atom is 0.335 e. The molecule has 0 amide bonds. The summed E-state index contributed by atoms with van der Waals surface area (Å²) in [4.78, 5) is 10.6. The number of hydrogen-bond donors (Lipinski definition) is 1. The van der Waals surface area contributed by atoms with Gasteiger partial charge in [0.25, 0.3) is 0 Å². The van der Waals surface area contributed by atoms with E-state index in [2.05, 4.69) is 37.8 Å². The molecule has 1 N–H and O–H groups in total. The molecule has 4 nitrogen and oxygen atoms in total. The van der Waals surface area contributed by atoms with Crippen molar-refractivity contribution < 1.29 is 14.6 Å². The molecule has 0 unspecified atom stereocenters. The Balaban J connectivity index is 0.000000224. The summed E-state index contributed by atoms with van der Waals surface area (Å²) >= 11 is 0. The second kappa shape index (κ2) is 11.7. The normalized spacial score (nSPS) is 10.4. The quantitative estimate of drug-likeness (QED) is 0.333. The molecule has 31 heavy (non-hydrogen) atoms. The Morgan fingerprint density at radius 1 is 0.903 bits per heavy atom. The van der Waals surface area contributed by atoms with Gasteiger partial charge in [0, 0.05) is 8.07 Å². The van der Waals surface area contributed by atoms with Gasteiger partial charge in [0.05, 0.1) is 23.8 Å². The third kappa shape index (κ3) is 8.89. The first-order valence-corrected chi connectivity index (χ1v) is 14.0. The zero-order chi connectivity index (χ0) is 22.7. The zero-order valence-electron chi connectivity index (χ0n) is 18.3. The van der Waals surface area contributed by atoms with Crippen molar-refractivity contribution in [2.45, 2.75) is 32.1 Å². The molecular formula is C26H29NO3Si. The van der Waals surface area contributed by atoms with E-state index < -0.39 is 14.0 Å². The van der Waals surface area contributed by atoms with E-state index in [1.807, 2.05) is 42.5 Å². The Bertz CT molecular complexity index is 986. The van der Waals surface area contributed by atoms with Crippen LogP contribution in [0.1, 0.15) is 22.3 Å². The van der Waals surface area contributed by atoms with Crippen LogP contribution >= 0.6 is 0 Å². The van der Waals surface area contributed by atoms with Crippen molar-refractivity contribution in [3.8, 4) is 22.9 Å². The van der Waals surface area contributed by atoms with Gasteiger partial charge in [-0.3, -0.25) is 0 Å². The van der Waals surface area contributed by atoms with Gasteiger partial charge in [0.15, 0.2) is 0 Å². The van der Waals surface area contributed by atoms with Gasteiger partial charge in [0.1, 0.15) is 5.75 Å². The van der Waals surface area contributed by atoms with Crippen LogP contribution in [-0.2, 0) is 0 Å². The number of carbonyl (C=O) groups is 1. The fourth-order valence-corrected chi connectivity index (χ4v) is 4.06. The first kappa shape index (κ1) is 23.9. The summed E-state index contributed by atoms with van der Waals surface area (Å²) in [7, 11) is -0.977. The predicted octanol–water partition coefficient (Wildman–Crippen LogP) is 6.72. The molecule has 3 aromatic carbocycles. The van der Waals surface area contributed by atoms with E-state index in [1.165, 1.54) is 11.6 Å². The Kier molecular flexibility index (Phi) is 9.05. The van der Waals surface area contributed by atoms with Crippen LogP contribution in [0.25, 0.3) is 11.1 Å². The maximum absolute atomic E-state index is 10.6. The standard InChI is InChI=1S/C13H9N.C13H20O3Si/c14-10-11-6-8-13(9-7-11)12-4-2-1-3-5-12;1-17(2,3)10-4-9-16-12-7-5-11(6-8-12)13(14)15/h1-9H;5-8H,4,9-10H2,1-3H3,(H,14,15). The van der Waals surface area contributed by atoms with Crippen LogP contribution in [0.15, 0.2) is 78.9 Å². The molecule has 0 aromatic heterocycles. The molecular weight excluding hydrogens is 402 g/mol. The molecule has 0 heterocycles. The second-order valence-electron chi connectivity index (χ2n) is 8.40. The van der Waals surface area contributed by atoms with E-state index in [0.29, 0.717) is 17.7 Å². The molecule has 0 bridgehead atoms. The van der Waals surface area contributed by atoms with Gasteiger partial charge in [0.2, 0.25) is 0 Å². The number of hydrogen-bond acceptors (Lipinski definition) is 3. The Hall–Kier alpha value is -3.36. The Morgan fingerprint density at radius 3 is 2.00 bits per heavy atom. The number of nitriles is 1. The fourth-order valence-electron chi connectivity index (χ4n) is 2.85. The molecule has 0 aliphatic rings. The molecule has 0 saturated heterocycles. The SMILES string of the molecule is C[Si](C)(C)CCCOc1ccc(C(=O)O)cc1.N#Cc1ccc(-c2ccccc2)cc1. The number of rotatable bonds is 7. The lowest BCUT2D eigenvalue weighted by Gasteiger charge is -2.15. The number of aromatic carboxylic acids is 1. The fraction of sp³-hybridized carbons (Fsp3) is 0.231. The third-order valence-corrected chi connectivity index (χ3v) is 6.42. The molecule has 0 spiro atoms. The van der Waals surface area contributed by atoms with E-state index >= 15 is 0 Å². The van der Waals surface area contributed by atoms with Crippen LogP contribution in [0, 0.1) is 11.3 Å². The maximum atomic E-state index is 10.6. The molecule has 5 heteroatoms. The predicted molar refractivity (Wildman–Crippen MR) is 128 cm³/mol. The molecule has 0 saturated carbocycles. The van der Waals surface area contributed by atoms with Gasteiger partial charge in [-0.15, -0.1) is 0 Å². The minimum absolute atomic E-state index is 0.291. The number of carboxylic acids is 1. The first-order valence-electron chi connectivity index (χ1n) is 10.3. The zero-order valence-corrected chi connectivity index (χ0v) is 19.3. The monoisotopic (exact) mass is 431 g/mol. The van der Waals surface area contributed by atoms with Crippen LogP contribution < -0.4 is 4.74 Å². The van der Waals surface area contributed by atoms with Gasteiger partial charge < -0.3 is 9.84 Å². The average molecular weight is 432 g/mol. The number of ether oxygens (including phenoxy) is 1. The highest BCUT2D eigenvalue weighted by Gasteiger charge is 2.11. The van der Waals surface area contributed by atoms with E-state index in [4.69, 9.17) is 15.1 Å². The van der Waals surface area contributed by atoms with E-state index in [1.54, 1.807) is 24.3 Å². The van der Waals surface area contributed by atoms with Crippen molar-refractivity contribution in [3.63, 3.8) is 0 Å². The van der Waals surface area contributed by atoms with Gasteiger partial charge in [-0.05, 0) is 53.9 Å². The Morgan fingerprint density at radius 2 is 1.48 bits per heavy atom. The lowest BCUT2D eigenvalue weighted by atomic mass is 10.0. The highest BCUT2D eigenvalue weighted by atomic mass is 28.3. The summed E-state index contributed by atoms with van der Waals surface area (Å²) in [5.41, 5.74) is 3.31. The lowest BCUT2D eigenvalue weighted by Crippen LogP contribution is -2.19. The summed E-state index contributed by atoms with van der Waals surface area (Å²) in [6.45, 7) is 7.73. The van der Waals surface area contributed by atoms with E-state index in [0.717, 1.165) is 17.7 Å². The van der Waals surface area contributed by atoms with Gasteiger partial charge in [-0.1, -0.05) is 68.1 Å². The molecule has 3 aromatic rings. The second-order valence-corrected chi connectivity index (χ2v) is 14.0. The molecule has 0 fully saturated rings. The number of benzene rings is 3. The van der Waals surface area contributed by atoms with Gasteiger partial charge >= 0.3 is 5.97 Å². The summed E-state index contributed by atoms with van der Waals surface area (Å²) in [6.07, 6.45) is 1.07. The highest BCUT2D eigenvalue weighted by Crippen LogP contribution is 2.19. The van der Waals surface area contributed by atoms with Crippen molar-refractivity contribution >= 4 is 14.0 Å². The molecule has 0 aliphatic carbocycles. The van der Waals surface area contributed by atoms with E-state index in [-0.39, 0.29) is 0 Å². The molecule has 0 radical (unpaired) electrons. The largest absolute Gasteiger partial charge is 0.494 e. The Labute approximate surface area is 185 Å². The van der Waals surface area contributed by atoms with Crippen LogP contribution in [0.3, 0.4) is 0 Å². The summed E-state index contributed by atoms with van der Waals surface area (Å²) in [5, 5.41) is 17.4. The minimum Gasteiger partial charge on any atom is -0.494 e. The van der Waals surface area contributed by atoms with Crippen LogP contribution in [0.2, 0.25) is 25.7 Å². The van der Waals surface area contributed by atoms with Crippen molar-refractivity contribution in [1.82, 2.24) is 0 Å². The highest BCUT2D eigenvalue weighted by molar-refractivity contribution is 6.76. The van der Waals surface area contributed by atoms with Crippen LogP contribution in [-0.4, -0.2) is 25.8 Å². The van der Waals surface area contributed by atoms with Gasteiger partial charge in [-0.2, -0.15) is 5.26 Å². The summed E-state index contributed by atoms with van der Waals surface area (Å²) in [6, 6.07) is 27.6. The lowest BCUT2D eigenvalue weighted by molar-refractivity contribution is 0.0697.